The van der Waals surface area contributed by atoms with Crippen LogP contribution in [0.3, 0.4) is 0 Å². The van der Waals surface area contributed by atoms with Gasteiger partial charge in [0.2, 0.25) is 0 Å². The lowest BCUT2D eigenvalue weighted by atomic mass is 9.89. The van der Waals surface area contributed by atoms with Gasteiger partial charge >= 0.3 is 0 Å². The second kappa shape index (κ2) is 5.03. The molecule has 1 unspecified atom stereocenters. The first-order chi connectivity index (χ1) is 7.59. The molecule has 2 aliphatic rings. The van der Waals surface area contributed by atoms with Crippen molar-refractivity contribution in [2.75, 3.05) is 13.2 Å². The first-order valence-corrected chi connectivity index (χ1v) is 6.62. The van der Waals surface area contributed by atoms with E-state index in [2.05, 4.69) is 26.1 Å². The number of hydrogen-bond acceptors (Lipinski definition) is 3. The van der Waals surface area contributed by atoms with Crippen molar-refractivity contribution in [3.8, 4) is 0 Å². The number of hydrogen-bond donors (Lipinski definition) is 1. The molecular formula is C13H25NO2. The molecule has 1 heterocycles. The van der Waals surface area contributed by atoms with Gasteiger partial charge < -0.3 is 14.8 Å². The van der Waals surface area contributed by atoms with Crippen LogP contribution in [0.5, 0.6) is 0 Å². The Morgan fingerprint density at radius 2 is 2.12 bits per heavy atom. The maximum Gasteiger partial charge on any atom is 0.0707 e. The summed E-state index contributed by atoms with van der Waals surface area (Å²) in [5, 5.41) is 3.58. The van der Waals surface area contributed by atoms with Crippen molar-refractivity contribution in [2.24, 2.45) is 0 Å². The lowest BCUT2D eigenvalue weighted by Gasteiger charge is -2.36. The molecule has 0 aromatic carbocycles. The van der Waals surface area contributed by atoms with Gasteiger partial charge in [-0.25, -0.2) is 0 Å². The van der Waals surface area contributed by atoms with E-state index in [0.29, 0.717) is 18.2 Å². The van der Waals surface area contributed by atoms with E-state index in [0.717, 1.165) is 13.2 Å². The standard InChI is InChI=1S/C13H25NO2/c1-4-15-12-7-10(8-12)14-9-11-5-6-13(2,3)16-11/h10-12,14H,4-9H2,1-3H3. The highest BCUT2D eigenvalue weighted by Crippen LogP contribution is 2.29. The molecule has 0 radical (unpaired) electrons. The molecule has 1 N–H and O–H groups in total. The van der Waals surface area contributed by atoms with E-state index in [1.807, 2.05) is 0 Å². The fourth-order valence-corrected chi connectivity index (χ4v) is 2.62. The monoisotopic (exact) mass is 227 g/mol. The van der Waals surface area contributed by atoms with E-state index in [1.54, 1.807) is 0 Å². The van der Waals surface area contributed by atoms with Gasteiger partial charge in [-0.3, -0.25) is 0 Å². The van der Waals surface area contributed by atoms with Crippen molar-refractivity contribution in [2.45, 2.75) is 70.3 Å². The average Bonchev–Trinajstić information content (AvgIpc) is 2.49. The summed E-state index contributed by atoms with van der Waals surface area (Å²) in [6, 6.07) is 0.656. The molecule has 3 heteroatoms. The van der Waals surface area contributed by atoms with Crippen molar-refractivity contribution in [3.05, 3.63) is 0 Å². The van der Waals surface area contributed by atoms with Crippen LogP contribution in [0.2, 0.25) is 0 Å². The van der Waals surface area contributed by atoms with Gasteiger partial charge in [-0.2, -0.15) is 0 Å². The van der Waals surface area contributed by atoms with Crippen molar-refractivity contribution in [3.63, 3.8) is 0 Å². The molecule has 1 aliphatic heterocycles. The summed E-state index contributed by atoms with van der Waals surface area (Å²) in [5.41, 5.74) is 0.0970. The van der Waals surface area contributed by atoms with Crippen LogP contribution in [0.4, 0.5) is 0 Å². The summed E-state index contributed by atoms with van der Waals surface area (Å²) in [6.07, 6.45) is 5.64. The largest absolute Gasteiger partial charge is 0.378 e. The predicted molar refractivity (Wildman–Crippen MR) is 64.6 cm³/mol. The first kappa shape index (κ1) is 12.3. The third kappa shape index (κ3) is 3.19. The Morgan fingerprint density at radius 3 is 2.69 bits per heavy atom. The van der Waals surface area contributed by atoms with E-state index in [9.17, 15) is 0 Å². The van der Waals surface area contributed by atoms with Crippen LogP contribution < -0.4 is 5.32 Å². The molecule has 0 amide bonds. The molecule has 1 saturated heterocycles. The van der Waals surface area contributed by atoms with E-state index in [4.69, 9.17) is 9.47 Å². The van der Waals surface area contributed by atoms with Crippen molar-refractivity contribution >= 4 is 0 Å². The van der Waals surface area contributed by atoms with Crippen LogP contribution in [0, 0.1) is 0 Å². The summed E-state index contributed by atoms with van der Waals surface area (Å²) in [4.78, 5) is 0. The Labute approximate surface area is 98.9 Å². The van der Waals surface area contributed by atoms with Crippen LogP contribution in [0.1, 0.15) is 46.5 Å². The second-order valence-electron chi connectivity index (χ2n) is 5.69. The maximum absolute atomic E-state index is 5.95. The minimum Gasteiger partial charge on any atom is -0.378 e. The molecule has 0 aromatic heterocycles. The SMILES string of the molecule is CCOC1CC(NCC2CCC(C)(C)O2)C1. The van der Waals surface area contributed by atoms with Crippen molar-refractivity contribution in [1.82, 2.24) is 5.32 Å². The Kier molecular flexibility index (Phi) is 3.88. The Morgan fingerprint density at radius 1 is 1.38 bits per heavy atom. The molecule has 3 nitrogen and oxygen atoms in total. The minimum atomic E-state index is 0.0970. The highest BCUT2D eigenvalue weighted by molar-refractivity contribution is 4.88. The van der Waals surface area contributed by atoms with E-state index in [-0.39, 0.29) is 5.60 Å². The topological polar surface area (TPSA) is 30.5 Å². The van der Waals surface area contributed by atoms with Crippen LogP contribution in [-0.2, 0) is 9.47 Å². The van der Waals surface area contributed by atoms with Gasteiger partial charge in [-0.15, -0.1) is 0 Å². The number of ether oxygens (including phenoxy) is 2. The van der Waals surface area contributed by atoms with Gasteiger partial charge in [0, 0.05) is 19.2 Å². The zero-order chi connectivity index (χ0) is 11.6. The van der Waals surface area contributed by atoms with Crippen LogP contribution >= 0.6 is 0 Å². The summed E-state index contributed by atoms with van der Waals surface area (Å²) >= 11 is 0. The Bertz CT molecular complexity index is 224. The van der Waals surface area contributed by atoms with Crippen molar-refractivity contribution in [1.29, 1.82) is 0 Å². The summed E-state index contributed by atoms with van der Waals surface area (Å²) < 4.78 is 11.5. The van der Waals surface area contributed by atoms with Crippen LogP contribution in [0.25, 0.3) is 0 Å². The van der Waals surface area contributed by atoms with Crippen LogP contribution in [0.15, 0.2) is 0 Å². The zero-order valence-corrected chi connectivity index (χ0v) is 10.8. The molecule has 1 atom stereocenters. The van der Waals surface area contributed by atoms with Gasteiger partial charge in [0.15, 0.2) is 0 Å². The van der Waals surface area contributed by atoms with Gasteiger partial charge in [-0.1, -0.05) is 0 Å². The van der Waals surface area contributed by atoms with Crippen LogP contribution in [-0.4, -0.2) is 37.0 Å². The molecule has 2 rings (SSSR count). The summed E-state index contributed by atoms with van der Waals surface area (Å²) in [6.45, 7) is 8.28. The quantitative estimate of drug-likeness (QED) is 0.780. The van der Waals surface area contributed by atoms with E-state index >= 15 is 0 Å². The Balaban J connectivity index is 1.56. The molecule has 2 fully saturated rings. The highest BCUT2D eigenvalue weighted by Gasteiger charge is 2.34. The summed E-state index contributed by atoms with van der Waals surface area (Å²) in [5.74, 6) is 0. The maximum atomic E-state index is 5.95. The molecular weight excluding hydrogens is 202 g/mol. The lowest BCUT2D eigenvalue weighted by molar-refractivity contribution is -0.0300. The first-order valence-electron chi connectivity index (χ1n) is 6.62. The van der Waals surface area contributed by atoms with Gasteiger partial charge in [0.25, 0.3) is 0 Å². The molecule has 94 valence electrons. The Hall–Kier alpha value is -0.120. The molecule has 16 heavy (non-hydrogen) atoms. The van der Waals surface area contributed by atoms with E-state index in [1.165, 1.54) is 25.7 Å². The smallest absolute Gasteiger partial charge is 0.0707 e. The number of nitrogens with one attached hydrogen (secondary N) is 1. The van der Waals surface area contributed by atoms with Gasteiger partial charge in [0.1, 0.15) is 0 Å². The molecule has 0 spiro atoms. The number of rotatable bonds is 5. The molecule has 1 aliphatic carbocycles. The predicted octanol–water partition coefficient (Wildman–Crippen LogP) is 2.10. The lowest BCUT2D eigenvalue weighted by Crippen LogP contribution is -2.47. The van der Waals surface area contributed by atoms with Gasteiger partial charge in [-0.05, 0) is 46.5 Å². The minimum absolute atomic E-state index is 0.0970. The van der Waals surface area contributed by atoms with Crippen molar-refractivity contribution < 1.29 is 9.47 Å². The highest BCUT2D eigenvalue weighted by atomic mass is 16.5. The zero-order valence-electron chi connectivity index (χ0n) is 10.8. The third-order valence-corrected chi connectivity index (χ3v) is 3.69. The third-order valence-electron chi connectivity index (χ3n) is 3.69. The summed E-state index contributed by atoms with van der Waals surface area (Å²) in [7, 11) is 0. The molecule has 1 saturated carbocycles. The average molecular weight is 227 g/mol. The van der Waals surface area contributed by atoms with Gasteiger partial charge in [0.05, 0.1) is 17.8 Å². The fraction of sp³-hybridized carbons (Fsp3) is 1.00. The second-order valence-corrected chi connectivity index (χ2v) is 5.69. The molecule has 0 aromatic rings. The fourth-order valence-electron chi connectivity index (χ4n) is 2.62. The normalized spacial score (nSPS) is 37.3. The molecule has 0 bridgehead atoms. The van der Waals surface area contributed by atoms with E-state index < -0.39 is 0 Å².